The van der Waals surface area contributed by atoms with E-state index in [2.05, 4.69) is 4.57 Å². The van der Waals surface area contributed by atoms with E-state index in [4.69, 9.17) is 4.74 Å². The van der Waals surface area contributed by atoms with Crippen molar-refractivity contribution in [2.24, 2.45) is 0 Å². The van der Waals surface area contributed by atoms with E-state index in [1.54, 1.807) is 28.6 Å². The van der Waals surface area contributed by atoms with Gasteiger partial charge in [-0.05, 0) is 50.2 Å². The number of ether oxygens (including phenoxy) is 1. The number of sulfonamides is 1. The molecule has 0 N–H and O–H groups in total. The topological polar surface area (TPSA) is 51.5 Å². The minimum atomic E-state index is -3.50. The SMILES string of the molecule is CCOc1ccc(S(=O)(=O)N2CCn3cccc3[C@@H]2C)cc1. The Morgan fingerprint density at radius 2 is 1.91 bits per heavy atom. The molecule has 2 aromatic rings. The lowest BCUT2D eigenvalue weighted by molar-refractivity contribution is 0.282. The zero-order valence-electron chi connectivity index (χ0n) is 12.8. The molecule has 0 saturated heterocycles. The molecular weight excluding hydrogens is 300 g/mol. The minimum absolute atomic E-state index is 0.166. The number of fused-ring (bicyclic) bond motifs is 1. The Kier molecular flexibility index (Phi) is 3.97. The van der Waals surface area contributed by atoms with Crippen LogP contribution in [0.1, 0.15) is 25.6 Å². The molecule has 1 aromatic carbocycles. The van der Waals surface area contributed by atoms with Crippen LogP contribution in [0, 0.1) is 0 Å². The Morgan fingerprint density at radius 3 is 2.59 bits per heavy atom. The molecule has 2 heterocycles. The monoisotopic (exact) mass is 320 g/mol. The van der Waals surface area contributed by atoms with Gasteiger partial charge in [0.05, 0.1) is 17.5 Å². The average Bonchev–Trinajstić information content (AvgIpc) is 2.98. The number of nitrogens with zero attached hydrogens (tertiary/aromatic N) is 2. The van der Waals surface area contributed by atoms with Gasteiger partial charge < -0.3 is 9.30 Å². The zero-order chi connectivity index (χ0) is 15.7. The Labute approximate surface area is 131 Å². The van der Waals surface area contributed by atoms with Crippen LogP contribution in [-0.4, -0.2) is 30.4 Å². The van der Waals surface area contributed by atoms with Crippen LogP contribution < -0.4 is 4.74 Å². The van der Waals surface area contributed by atoms with Gasteiger partial charge in [0.15, 0.2) is 0 Å². The largest absolute Gasteiger partial charge is 0.494 e. The van der Waals surface area contributed by atoms with Crippen molar-refractivity contribution in [3.05, 3.63) is 48.3 Å². The standard InChI is InChI=1S/C16H20N2O3S/c1-3-21-14-6-8-15(9-7-14)22(19,20)18-12-11-17-10-4-5-16(17)13(18)2/h4-10,13H,3,11-12H2,1-2H3/t13-/m0/s1. The lowest BCUT2D eigenvalue weighted by Gasteiger charge is -2.33. The molecule has 1 aliphatic rings. The summed E-state index contributed by atoms with van der Waals surface area (Å²) >= 11 is 0. The van der Waals surface area contributed by atoms with Gasteiger partial charge in [0, 0.05) is 25.0 Å². The smallest absolute Gasteiger partial charge is 0.243 e. The molecule has 6 heteroatoms. The van der Waals surface area contributed by atoms with Crippen LogP contribution in [0.25, 0.3) is 0 Å². The highest BCUT2D eigenvalue weighted by Crippen LogP contribution is 2.31. The van der Waals surface area contributed by atoms with Crippen LogP contribution in [0.4, 0.5) is 0 Å². The summed E-state index contributed by atoms with van der Waals surface area (Å²) in [6.07, 6.45) is 1.99. The minimum Gasteiger partial charge on any atom is -0.494 e. The maximum absolute atomic E-state index is 12.9. The van der Waals surface area contributed by atoms with Gasteiger partial charge in [-0.3, -0.25) is 0 Å². The molecule has 3 rings (SSSR count). The van der Waals surface area contributed by atoms with Crippen molar-refractivity contribution in [1.29, 1.82) is 0 Å². The van der Waals surface area contributed by atoms with E-state index in [1.165, 1.54) is 0 Å². The molecule has 22 heavy (non-hydrogen) atoms. The second kappa shape index (κ2) is 5.78. The molecule has 0 aliphatic carbocycles. The summed E-state index contributed by atoms with van der Waals surface area (Å²) in [5, 5.41) is 0. The molecule has 0 unspecified atom stereocenters. The van der Waals surface area contributed by atoms with E-state index in [1.807, 2.05) is 32.2 Å². The highest BCUT2D eigenvalue weighted by atomic mass is 32.2. The van der Waals surface area contributed by atoms with Crippen LogP contribution in [0.2, 0.25) is 0 Å². The fourth-order valence-corrected chi connectivity index (χ4v) is 4.49. The summed E-state index contributed by atoms with van der Waals surface area (Å²) in [7, 11) is -3.50. The highest BCUT2D eigenvalue weighted by Gasteiger charge is 2.33. The first-order valence-corrected chi connectivity index (χ1v) is 8.88. The fraction of sp³-hybridized carbons (Fsp3) is 0.375. The van der Waals surface area contributed by atoms with E-state index in [0.717, 1.165) is 5.69 Å². The van der Waals surface area contributed by atoms with Gasteiger partial charge in [0.25, 0.3) is 0 Å². The molecule has 1 aliphatic heterocycles. The molecule has 0 amide bonds. The molecule has 0 spiro atoms. The molecular formula is C16H20N2O3S. The summed E-state index contributed by atoms with van der Waals surface area (Å²) in [6.45, 7) is 5.56. The average molecular weight is 320 g/mol. The Bertz CT molecular complexity index is 750. The molecule has 0 fully saturated rings. The third-order valence-electron chi connectivity index (χ3n) is 4.03. The number of aromatic nitrogens is 1. The maximum Gasteiger partial charge on any atom is 0.243 e. The van der Waals surface area contributed by atoms with Gasteiger partial charge >= 0.3 is 0 Å². The van der Waals surface area contributed by atoms with Gasteiger partial charge in [-0.2, -0.15) is 4.31 Å². The van der Waals surface area contributed by atoms with Crippen molar-refractivity contribution >= 4 is 10.0 Å². The van der Waals surface area contributed by atoms with Crippen molar-refractivity contribution in [1.82, 2.24) is 8.87 Å². The van der Waals surface area contributed by atoms with Crippen molar-refractivity contribution < 1.29 is 13.2 Å². The molecule has 1 atom stereocenters. The van der Waals surface area contributed by atoms with Crippen LogP contribution in [0.15, 0.2) is 47.5 Å². The van der Waals surface area contributed by atoms with Crippen LogP contribution in [0.5, 0.6) is 5.75 Å². The number of rotatable bonds is 4. The van der Waals surface area contributed by atoms with Gasteiger partial charge in [-0.25, -0.2) is 8.42 Å². The van der Waals surface area contributed by atoms with E-state index in [9.17, 15) is 8.42 Å². The van der Waals surface area contributed by atoms with E-state index in [-0.39, 0.29) is 6.04 Å². The lowest BCUT2D eigenvalue weighted by atomic mass is 10.2. The third kappa shape index (κ3) is 2.53. The van der Waals surface area contributed by atoms with Crippen molar-refractivity contribution in [2.45, 2.75) is 31.3 Å². The van der Waals surface area contributed by atoms with Crippen molar-refractivity contribution in [3.63, 3.8) is 0 Å². The highest BCUT2D eigenvalue weighted by molar-refractivity contribution is 7.89. The second-order valence-corrected chi connectivity index (χ2v) is 7.21. The number of hydrogen-bond acceptors (Lipinski definition) is 3. The van der Waals surface area contributed by atoms with Gasteiger partial charge in [-0.1, -0.05) is 0 Å². The number of hydrogen-bond donors (Lipinski definition) is 0. The summed E-state index contributed by atoms with van der Waals surface area (Å²) in [4.78, 5) is 0.308. The quantitative estimate of drug-likeness (QED) is 0.870. The first-order chi connectivity index (χ1) is 10.5. The summed E-state index contributed by atoms with van der Waals surface area (Å²) in [5.74, 6) is 0.682. The Balaban J connectivity index is 1.90. The normalized spacial score (nSPS) is 18.9. The molecule has 118 valence electrons. The van der Waals surface area contributed by atoms with Gasteiger partial charge in [0.2, 0.25) is 10.0 Å². The first kappa shape index (κ1) is 15.1. The van der Waals surface area contributed by atoms with E-state index < -0.39 is 10.0 Å². The molecule has 5 nitrogen and oxygen atoms in total. The summed E-state index contributed by atoms with van der Waals surface area (Å²) in [6, 6.07) is 10.4. The van der Waals surface area contributed by atoms with E-state index in [0.29, 0.717) is 30.3 Å². The first-order valence-electron chi connectivity index (χ1n) is 7.44. The van der Waals surface area contributed by atoms with Crippen LogP contribution >= 0.6 is 0 Å². The van der Waals surface area contributed by atoms with Crippen molar-refractivity contribution in [2.75, 3.05) is 13.2 Å². The van der Waals surface area contributed by atoms with E-state index >= 15 is 0 Å². The zero-order valence-corrected chi connectivity index (χ0v) is 13.6. The summed E-state index contributed by atoms with van der Waals surface area (Å²) in [5.41, 5.74) is 1.03. The molecule has 0 radical (unpaired) electrons. The van der Waals surface area contributed by atoms with Gasteiger partial charge in [-0.15, -0.1) is 0 Å². The summed E-state index contributed by atoms with van der Waals surface area (Å²) < 4.78 is 34.8. The van der Waals surface area contributed by atoms with Crippen molar-refractivity contribution in [3.8, 4) is 5.75 Å². The predicted octanol–water partition coefficient (Wildman–Crippen LogP) is 2.65. The molecule has 0 bridgehead atoms. The molecule has 1 aromatic heterocycles. The Morgan fingerprint density at radius 1 is 1.18 bits per heavy atom. The predicted molar refractivity (Wildman–Crippen MR) is 84.3 cm³/mol. The van der Waals surface area contributed by atoms with Crippen LogP contribution in [-0.2, 0) is 16.6 Å². The van der Waals surface area contributed by atoms with Crippen LogP contribution in [0.3, 0.4) is 0 Å². The Hall–Kier alpha value is -1.79. The molecule has 0 saturated carbocycles. The van der Waals surface area contributed by atoms with Gasteiger partial charge in [0.1, 0.15) is 5.75 Å². The lowest BCUT2D eigenvalue weighted by Crippen LogP contribution is -2.40. The maximum atomic E-state index is 12.9. The third-order valence-corrected chi connectivity index (χ3v) is 6.01. The fourth-order valence-electron chi connectivity index (χ4n) is 2.90. The second-order valence-electron chi connectivity index (χ2n) is 5.32. The number of benzene rings is 1.